The number of hydrogen-bond acceptors (Lipinski definition) is 3. The molecule has 0 bridgehead atoms. The Morgan fingerprint density at radius 3 is 2.88 bits per heavy atom. The van der Waals surface area contributed by atoms with Gasteiger partial charge in [-0.2, -0.15) is 0 Å². The zero-order valence-electron chi connectivity index (χ0n) is 15.4. The molecule has 1 aromatic heterocycles. The number of benzene rings is 1. The molecule has 3 rings (SSSR count). The normalized spacial score (nSPS) is 14.3. The van der Waals surface area contributed by atoms with Gasteiger partial charge in [-0.05, 0) is 25.3 Å². The highest BCUT2D eigenvalue weighted by Gasteiger charge is 2.27. The van der Waals surface area contributed by atoms with Gasteiger partial charge in [-0.15, -0.1) is 0 Å². The van der Waals surface area contributed by atoms with Gasteiger partial charge in [-0.25, -0.2) is 9.78 Å². The van der Waals surface area contributed by atoms with E-state index in [0.29, 0.717) is 19.1 Å². The number of carbonyl (C=O) groups excluding carboxylic acids is 1. The maximum Gasteiger partial charge on any atom is 0.317 e. The smallest absolute Gasteiger partial charge is 0.317 e. The van der Waals surface area contributed by atoms with E-state index in [1.165, 1.54) is 12.8 Å². The Labute approximate surface area is 155 Å². The number of ether oxygens (including phenoxy) is 1. The lowest BCUT2D eigenvalue weighted by Gasteiger charge is -2.30. The van der Waals surface area contributed by atoms with E-state index in [-0.39, 0.29) is 6.03 Å². The first-order chi connectivity index (χ1) is 12.8. The van der Waals surface area contributed by atoms with Gasteiger partial charge in [-0.3, -0.25) is 0 Å². The first kappa shape index (κ1) is 18.3. The van der Waals surface area contributed by atoms with Crippen LogP contribution in [0.1, 0.15) is 37.7 Å². The van der Waals surface area contributed by atoms with Crippen molar-refractivity contribution in [3.8, 4) is 5.75 Å². The molecule has 1 N–H and O–H groups in total. The SMILES string of the molecule is COc1ccccc1CN(C(=O)NCCCn1ccnc1)C1CCCC1. The Morgan fingerprint density at radius 1 is 1.35 bits per heavy atom. The van der Waals surface area contributed by atoms with Crippen LogP contribution in [0.25, 0.3) is 0 Å². The second-order valence-corrected chi connectivity index (χ2v) is 6.76. The fourth-order valence-electron chi connectivity index (χ4n) is 3.58. The van der Waals surface area contributed by atoms with Crippen LogP contribution in [0.4, 0.5) is 4.79 Å². The van der Waals surface area contributed by atoms with Crippen LogP contribution in [-0.2, 0) is 13.1 Å². The highest BCUT2D eigenvalue weighted by Crippen LogP contribution is 2.27. The summed E-state index contributed by atoms with van der Waals surface area (Å²) in [6.45, 7) is 2.10. The third-order valence-corrected chi connectivity index (χ3v) is 4.99. The van der Waals surface area contributed by atoms with Gasteiger partial charge < -0.3 is 19.5 Å². The molecule has 1 aliphatic rings. The van der Waals surface area contributed by atoms with Crippen molar-refractivity contribution in [2.24, 2.45) is 0 Å². The highest BCUT2D eigenvalue weighted by molar-refractivity contribution is 5.74. The standard InChI is InChI=1S/C20H28N4O2/c1-26-19-10-5-2-7-17(19)15-24(18-8-3-4-9-18)20(25)22-11-6-13-23-14-12-21-16-23/h2,5,7,10,12,14,16,18H,3-4,6,8-9,11,13,15H2,1H3,(H,22,25). The molecule has 1 heterocycles. The number of para-hydroxylation sites is 1. The van der Waals surface area contributed by atoms with E-state index in [9.17, 15) is 4.79 Å². The van der Waals surface area contributed by atoms with Gasteiger partial charge in [0.05, 0.1) is 20.0 Å². The van der Waals surface area contributed by atoms with Crippen LogP contribution in [0.5, 0.6) is 5.75 Å². The van der Waals surface area contributed by atoms with Crippen LogP contribution >= 0.6 is 0 Å². The van der Waals surface area contributed by atoms with E-state index in [0.717, 1.165) is 37.1 Å². The lowest BCUT2D eigenvalue weighted by molar-refractivity contribution is 0.170. The van der Waals surface area contributed by atoms with E-state index in [2.05, 4.69) is 10.3 Å². The number of methoxy groups -OCH3 is 1. The number of amides is 2. The summed E-state index contributed by atoms with van der Waals surface area (Å²) in [5.41, 5.74) is 1.05. The quantitative estimate of drug-likeness (QED) is 0.737. The third-order valence-electron chi connectivity index (χ3n) is 4.99. The van der Waals surface area contributed by atoms with Crippen molar-refractivity contribution in [3.05, 3.63) is 48.5 Å². The van der Waals surface area contributed by atoms with Crippen LogP contribution in [-0.4, -0.2) is 40.2 Å². The maximum atomic E-state index is 12.9. The van der Waals surface area contributed by atoms with Gasteiger partial charge >= 0.3 is 6.03 Å². The number of aromatic nitrogens is 2. The van der Waals surface area contributed by atoms with E-state index in [1.54, 1.807) is 19.6 Å². The Hall–Kier alpha value is -2.50. The number of rotatable bonds is 8. The molecule has 1 aromatic carbocycles. The van der Waals surface area contributed by atoms with Crippen molar-refractivity contribution in [2.75, 3.05) is 13.7 Å². The van der Waals surface area contributed by atoms with Gasteiger partial charge in [0.2, 0.25) is 0 Å². The van der Waals surface area contributed by atoms with Gasteiger partial charge in [0.15, 0.2) is 0 Å². The van der Waals surface area contributed by atoms with Gasteiger partial charge in [-0.1, -0.05) is 31.0 Å². The van der Waals surface area contributed by atoms with Crippen LogP contribution < -0.4 is 10.1 Å². The Morgan fingerprint density at radius 2 is 2.15 bits per heavy atom. The number of urea groups is 1. The molecule has 2 amide bonds. The molecule has 0 aliphatic heterocycles. The summed E-state index contributed by atoms with van der Waals surface area (Å²) in [5, 5.41) is 3.09. The second kappa shape index (κ2) is 9.27. The predicted molar refractivity (Wildman–Crippen MR) is 101 cm³/mol. The van der Waals surface area contributed by atoms with Crippen LogP contribution in [0.15, 0.2) is 43.0 Å². The number of imidazole rings is 1. The minimum Gasteiger partial charge on any atom is -0.496 e. The summed E-state index contributed by atoms with van der Waals surface area (Å²) in [5.74, 6) is 0.836. The van der Waals surface area contributed by atoms with Gasteiger partial charge in [0.25, 0.3) is 0 Å². The molecule has 0 unspecified atom stereocenters. The number of aryl methyl sites for hydroxylation is 1. The Kier molecular flexibility index (Phi) is 6.52. The minimum atomic E-state index is 0.0217. The summed E-state index contributed by atoms with van der Waals surface area (Å²) < 4.78 is 7.48. The lowest BCUT2D eigenvalue weighted by Crippen LogP contribution is -2.45. The molecular formula is C20H28N4O2. The van der Waals surface area contributed by atoms with Gasteiger partial charge in [0.1, 0.15) is 5.75 Å². The number of hydrogen-bond donors (Lipinski definition) is 1. The molecule has 0 atom stereocenters. The lowest BCUT2D eigenvalue weighted by atomic mass is 10.1. The monoisotopic (exact) mass is 356 g/mol. The number of nitrogens with one attached hydrogen (secondary N) is 1. The molecule has 2 aromatic rings. The third kappa shape index (κ3) is 4.77. The predicted octanol–water partition coefficient (Wildman–Crippen LogP) is 3.44. The van der Waals surface area contributed by atoms with Crippen LogP contribution in [0.2, 0.25) is 0 Å². The van der Waals surface area contributed by atoms with Crippen molar-refractivity contribution in [1.82, 2.24) is 19.8 Å². The van der Waals surface area contributed by atoms with Gasteiger partial charge in [0, 0.05) is 37.1 Å². The van der Waals surface area contributed by atoms with E-state index < -0.39 is 0 Å². The summed E-state index contributed by atoms with van der Waals surface area (Å²) in [6.07, 6.45) is 10.9. The number of carbonyl (C=O) groups is 1. The Bertz CT molecular complexity index is 681. The molecule has 0 radical (unpaired) electrons. The fraction of sp³-hybridized carbons (Fsp3) is 0.500. The molecule has 1 saturated carbocycles. The topological polar surface area (TPSA) is 59.4 Å². The van der Waals surface area contributed by atoms with Crippen LogP contribution in [0.3, 0.4) is 0 Å². The molecular weight excluding hydrogens is 328 g/mol. The van der Waals surface area contributed by atoms with Crippen molar-refractivity contribution in [3.63, 3.8) is 0 Å². The fourth-order valence-corrected chi connectivity index (χ4v) is 3.58. The van der Waals surface area contributed by atoms with Crippen molar-refractivity contribution in [1.29, 1.82) is 0 Å². The zero-order chi connectivity index (χ0) is 18.2. The summed E-state index contributed by atoms with van der Waals surface area (Å²) in [6, 6.07) is 8.27. The van der Waals surface area contributed by atoms with E-state index >= 15 is 0 Å². The van der Waals surface area contributed by atoms with E-state index in [1.807, 2.05) is 39.9 Å². The van der Waals surface area contributed by atoms with E-state index in [4.69, 9.17) is 4.74 Å². The summed E-state index contributed by atoms with van der Waals surface area (Å²) in [4.78, 5) is 18.9. The molecule has 6 nitrogen and oxygen atoms in total. The largest absolute Gasteiger partial charge is 0.496 e. The Balaban J connectivity index is 1.58. The highest BCUT2D eigenvalue weighted by atomic mass is 16.5. The molecule has 26 heavy (non-hydrogen) atoms. The summed E-state index contributed by atoms with van der Waals surface area (Å²) >= 11 is 0. The first-order valence-electron chi connectivity index (χ1n) is 9.40. The average Bonchev–Trinajstić information content (AvgIpc) is 3.37. The second-order valence-electron chi connectivity index (χ2n) is 6.76. The molecule has 6 heteroatoms. The molecule has 1 aliphatic carbocycles. The van der Waals surface area contributed by atoms with Crippen molar-refractivity contribution in [2.45, 2.75) is 51.2 Å². The van der Waals surface area contributed by atoms with Crippen molar-refractivity contribution >= 4 is 6.03 Å². The minimum absolute atomic E-state index is 0.0217. The number of nitrogens with zero attached hydrogens (tertiary/aromatic N) is 3. The first-order valence-corrected chi connectivity index (χ1v) is 9.40. The average molecular weight is 356 g/mol. The van der Waals surface area contributed by atoms with Crippen LogP contribution in [0, 0.1) is 0 Å². The maximum absolute atomic E-state index is 12.9. The molecule has 140 valence electrons. The molecule has 0 saturated heterocycles. The van der Waals surface area contributed by atoms with Crippen molar-refractivity contribution < 1.29 is 9.53 Å². The molecule has 0 spiro atoms. The molecule has 1 fully saturated rings. The summed E-state index contributed by atoms with van der Waals surface area (Å²) in [7, 11) is 1.68. The zero-order valence-corrected chi connectivity index (χ0v) is 15.4.